The van der Waals surface area contributed by atoms with Gasteiger partial charge < -0.3 is 9.22 Å². The van der Waals surface area contributed by atoms with Gasteiger partial charge in [-0.15, -0.1) is 0 Å². The number of rotatable bonds is 6. The van der Waals surface area contributed by atoms with E-state index in [1.54, 1.807) is 0 Å². The Hall–Kier alpha value is -1.54. The van der Waals surface area contributed by atoms with E-state index in [4.69, 9.17) is 4.74 Å². The van der Waals surface area contributed by atoms with Gasteiger partial charge >= 0.3 is 0 Å². The van der Waals surface area contributed by atoms with Gasteiger partial charge in [0.25, 0.3) is 0 Å². The molecule has 112 valence electrons. The standard InChI is InChI=1S/C19H26NO/c1-2-11-20(12-5-6-13-20)14-15-21-19-10-9-17-7-3-4-8-18(17)16-19/h3-4,7-10,16H,2,5-6,11-15H2,1H3/q+1. The second-order valence-electron chi connectivity index (χ2n) is 6.30. The lowest BCUT2D eigenvalue weighted by Crippen LogP contribution is -2.48. The summed E-state index contributed by atoms with van der Waals surface area (Å²) in [6.07, 6.45) is 4.04. The highest BCUT2D eigenvalue weighted by molar-refractivity contribution is 5.83. The average molecular weight is 284 g/mol. The van der Waals surface area contributed by atoms with Gasteiger partial charge in [-0.1, -0.05) is 37.3 Å². The molecule has 1 fully saturated rings. The fourth-order valence-corrected chi connectivity index (χ4v) is 3.65. The molecular formula is C19H26NO+. The lowest BCUT2D eigenvalue weighted by Gasteiger charge is -2.33. The first-order valence-electron chi connectivity index (χ1n) is 8.28. The predicted octanol–water partition coefficient (Wildman–Crippen LogP) is 4.24. The Morgan fingerprint density at radius 1 is 0.952 bits per heavy atom. The number of hydrogen-bond donors (Lipinski definition) is 0. The minimum absolute atomic E-state index is 0.832. The van der Waals surface area contributed by atoms with Crippen LogP contribution in [0, 0.1) is 0 Å². The molecule has 2 aromatic rings. The Kier molecular flexibility index (Phi) is 4.45. The van der Waals surface area contributed by atoms with Gasteiger partial charge in [-0.25, -0.2) is 0 Å². The lowest BCUT2D eigenvalue weighted by atomic mass is 10.1. The van der Waals surface area contributed by atoms with Crippen molar-refractivity contribution in [3.05, 3.63) is 42.5 Å². The van der Waals surface area contributed by atoms with E-state index in [1.807, 2.05) is 0 Å². The minimum atomic E-state index is 0.832. The van der Waals surface area contributed by atoms with Crippen LogP contribution < -0.4 is 4.74 Å². The van der Waals surface area contributed by atoms with Crippen molar-refractivity contribution in [2.24, 2.45) is 0 Å². The van der Waals surface area contributed by atoms with Gasteiger partial charge in [0.1, 0.15) is 18.9 Å². The molecule has 0 radical (unpaired) electrons. The number of nitrogens with zero attached hydrogens (tertiary/aromatic N) is 1. The molecule has 1 saturated heterocycles. The summed E-state index contributed by atoms with van der Waals surface area (Å²) >= 11 is 0. The average Bonchev–Trinajstić information content (AvgIpc) is 2.96. The van der Waals surface area contributed by atoms with E-state index in [2.05, 4.69) is 49.4 Å². The van der Waals surface area contributed by atoms with Crippen LogP contribution in [0.2, 0.25) is 0 Å². The third-order valence-electron chi connectivity index (χ3n) is 4.77. The van der Waals surface area contributed by atoms with Crippen molar-refractivity contribution in [3.8, 4) is 5.75 Å². The number of likely N-dealkylation sites (tertiary alicyclic amines) is 1. The fraction of sp³-hybridized carbons (Fsp3) is 0.474. The van der Waals surface area contributed by atoms with Crippen LogP contribution in [0.5, 0.6) is 5.75 Å². The van der Waals surface area contributed by atoms with E-state index in [0.29, 0.717) is 0 Å². The van der Waals surface area contributed by atoms with E-state index < -0.39 is 0 Å². The van der Waals surface area contributed by atoms with Crippen LogP contribution in [0.3, 0.4) is 0 Å². The van der Waals surface area contributed by atoms with Crippen LogP contribution in [0.1, 0.15) is 26.2 Å². The highest BCUT2D eigenvalue weighted by Crippen LogP contribution is 2.22. The van der Waals surface area contributed by atoms with Crippen LogP contribution in [0.15, 0.2) is 42.5 Å². The summed E-state index contributed by atoms with van der Waals surface area (Å²) in [5.41, 5.74) is 0. The topological polar surface area (TPSA) is 9.23 Å². The molecule has 1 heterocycles. The van der Waals surface area contributed by atoms with Crippen LogP contribution in [0.25, 0.3) is 10.8 Å². The van der Waals surface area contributed by atoms with E-state index in [-0.39, 0.29) is 0 Å². The van der Waals surface area contributed by atoms with Crippen LogP contribution in [-0.2, 0) is 0 Å². The van der Waals surface area contributed by atoms with Crippen molar-refractivity contribution in [1.29, 1.82) is 0 Å². The van der Waals surface area contributed by atoms with Gasteiger partial charge in [-0.05, 0) is 29.3 Å². The monoisotopic (exact) mass is 284 g/mol. The molecule has 1 aliphatic heterocycles. The van der Waals surface area contributed by atoms with Gasteiger partial charge in [-0.3, -0.25) is 0 Å². The quantitative estimate of drug-likeness (QED) is 0.721. The zero-order valence-corrected chi connectivity index (χ0v) is 13.1. The molecule has 2 nitrogen and oxygen atoms in total. The number of hydrogen-bond acceptors (Lipinski definition) is 1. The normalized spacial score (nSPS) is 17.2. The summed E-state index contributed by atoms with van der Waals surface area (Å²) < 4.78 is 7.30. The van der Waals surface area contributed by atoms with E-state index in [9.17, 15) is 0 Å². The van der Waals surface area contributed by atoms with Crippen molar-refractivity contribution in [2.45, 2.75) is 26.2 Å². The fourth-order valence-electron chi connectivity index (χ4n) is 3.65. The highest BCUT2D eigenvalue weighted by atomic mass is 16.5. The first kappa shape index (κ1) is 14.4. The summed E-state index contributed by atoms with van der Waals surface area (Å²) in [4.78, 5) is 0. The van der Waals surface area contributed by atoms with Gasteiger partial charge in [0.05, 0.1) is 19.6 Å². The molecule has 0 spiro atoms. The predicted molar refractivity (Wildman–Crippen MR) is 88.7 cm³/mol. The van der Waals surface area contributed by atoms with E-state index in [0.717, 1.165) is 18.9 Å². The van der Waals surface area contributed by atoms with Crippen molar-refractivity contribution in [2.75, 3.05) is 32.8 Å². The van der Waals surface area contributed by atoms with Crippen LogP contribution in [0.4, 0.5) is 0 Å². The van der Waals surface area contributed by atoms with Gasteiger partial charge in [0.15, 0.2) is 0 Å². The molecule has 2 heteroatoms. The molecule has 0 bridgehead atoms. The second kappa shape index (κ2) is 6.48. The zero-order valence-electron chi connectivity index (χ0n) is 13.1. The lowest BCUT2D eigenvalue weighted by molar-refractivity contribution is -0.916. The molecular weight excluding hydrogens is 258 g/mol. The molecule has 0 aliphatic carbocycles. The van der Waals surface area contributed by atoms with Crippen LogP contribution >= 0.6 is 0 Å². The second-order valence-corrected chi connectivity index (χ2v) is 6.30. The molecule has 21 heavy (non-hydrogen) atoms. The summed E-state index contributed by atoms with van der Waals surface area (Å²) in [5.74, 6) is 1.00. The first-order chi connectivity index (χ1) is 10.3. The van der Waals surface area contributed by atoms with Gasteiger partial charge in [0, 0.05) is 12.8 Å². The summed E-state index contributed by atoms with van der Waals surface area (Å²) in [7, 11) is 0. The maximum absolute atomic E-state index is 6.03. The Balaban J connectivity index is 1.61. The number of ether oxygens (including phenoxy) is 1. The molecule has 0 atom stereocenters. The van der Waals surface area contributed by atoms with Crippen LogP contribution in [-0.4, -0.2) is 37.3 Å². The minimum Gasteiger partial charge on any atom is -0.488 e. The number of fused-ring (bicyclic) bond motifs is 1. The summed E-state index contributed by atoms with van der Waals surface area (Å²) in [6, 6.07) is 14.8. The maximum Gasteiger partial charge on any atom is 0.137 e. The van der Waals surface area contributed by atoms with E-state index in [1.165, 1.54) is 54.2 Å². The molecule has 0 saturated carbocycles. The smallest absolute Gasteiger partial charge is 0.137 e. The Labute approximate surface area is 127 Å². The summed E-state index contributed by atoms with van der Waals surface area (Å²) in [6.45, 7) is 8.27. The Morgan fingerprint density at radius 3 is 2.48 bits per heavy atom. The largest absolute Gasteiger partial charge is 0.488 e. The molecule has 0 N–H and O–H groups in total. The molecule has 1 aliphatic rings. The SMILES string of the molecule is CCC[N+]1(CCOc2ccc3ccccc3c2)CCCC1. The Bertz CT molecular complexity index is 587. The third kappa shape index (κ3) is 3.38. The molecule has 0 unspecified atom stereocenters. The number of quaternary nitrogens is 1. The molecule has 2 aromatic carbocycles. The number of benzene rings is 2. The van der Waals surface area contributed by atoms with E-state index >= 15 is 0 Å². The zero-order chi connectivity index (χ0) is 14.5. The maximum atomic E-state index is 6.03. The molecule has 3 rings (SSSR count). The highest BCUT2D eigenvalue weighted by Gasteiger charge is 2.30. The van der Waals surface area contributed by atoms with Crippen molar-refractivity contribution in [3.63, 3.8) is 0 Å². The van der Waals surface area contributed by atoms with Crippen molar-refractivity contribution >= 4 is 10.8 Å². The molecule has 0 amide bonds. The summed E-state index contributed by atoms with van der Waals surface area (Å²) in [5, 5.41) is 2.53. The molecule has 0 aromatic heterocycles. The van der Waals surface area contributed by atoms with Gasteiger partial charge in [0.2, 0.25) is 0 Å². The Morgan fingerprint density at radius 2 is 1.71 bits per heavy atom. The van der Waals surface area contributed by atoms with Crippen molar-refractivity contribution in [1.82, 2.24) is 0 Å². The third-order valence-corrected chi connectivity index (χ3v) is 4.77. The van der Waals surface area contributed by atoms with Crippen molar-refractivity contribution < 1.29 is 9.22 Å². The first-order valence-corrected chi connectivity index (χ1v) is 8.28. The van der Waals surface area contributed by atoms with Gasteiger partial charge in [-0.2, -0.15) is 0 Å².